The van der Waals surface area contributed by atoms with Crippen LogP contribution in [-0.4, -0.2) is 36.0 Å². The van der Waals surface area contributed by atoms with Crippen LogP contribution in [-0.2, 0) is 9.53 Å². The van der Waals surface area contributed by atoms with Crippen LogP contribution in [0.2, 0.25) is 0 Å². The molecule has 0 spiro atoms. The molecule has 162 valence electrons. The Morgan fingerprint density at radius 2 is 1.74 bits per heavy atom. The SMILES string of the molecule is CCCN1C(=O)N[C@H](c2ccc(NC(=O)c3ccccc3)cc2)C(C(=O)OCC)=C1C. The van der Waals surface area contributed by atoms with Gasteiger partial charge in [0.2, 0.25) is 0 Å². The molecule has 0 unspecified atom stereocenters. The molecule has 2 N–H and O–H groups in total. The van der Waals surface area contributed by atoms with Crippen molar-refractivity contribution >= 4 is 23.6 Å². The Hall–Kier alpha value is -3.61. The zero-order valence-corrected chi connectivity index (χ0v) is 18.0. The van der Waals surface area contributed by atoms with E-state index in [1.165, 1.54) is 0 Å². The van der Waals surface area contributed by atoms with E-state index in [9.17, 15) is 14.4 Å². The molecule has 1 atom stereocenters. The molecule has 0 saturated carbocycles. The van der Waals surface area contributed by atoms with Gasteiger partial charge in [0.15, 0.2) is 0 Å². The lowest BCUT2D eigenvalue weighted by atomic mass is 9.94. The smallest absolute Gasteiger partial charge is 0.338 e. The Balaban J connectivity index is 1.86. The second-order valence-electron chi connectivity index (χ2n) is 7.20. The van der Waals surface area contributed by atoms with Gasteiger partial charge in [0, 0.05) is 23.5 Å². The number of anilines is 1. The first-order valence-corrected chi connectivity index (χ1v) is 10.4. The van der Waals surface area contributed by atoms with E-state index < -0.39 is 12.0 Å². The molecule has 3 amide bonds. The third-order valence-corrected chi connectivity index (χ3v) is 5.08. The van der Waals surface area contributed by atoms with Crippen LogP contribution < -0.4 is 10.6 Å². The van der Waals surface area contributed by atoms with E-state index in [1.807, 2.05) is 13.0 Å². The van der Waals surface area contributed by atoms with Gasteiger partial charge >= 0.3 is 12.0 Å². The Labute approximate surface area is 182 Å². The quantitative estimate of drug-likeness (QED) is 0.654. The van der Waals surface area contributed by atoms with Crippen molar-refractivity contribution in [1.29, 1.82) is 0 Å². The lowest BCUT2D eigenvalue weighted by molar-refractivity contribution is -0.139. The van der Waals surface area contributed by atoms with Gasteiger partial charge in [-0.2, -0.15) is 0 Å². The van der Waals surface area contributed by atoms with E-state index in [1.54, 1.807) is 67.3 Å². The number of esters is 1. The lowest BCUT2D eigenvalue weighted by Gasteiger charge is -2.35. The Kier molecular flexibility index (Phi) is 7.07. The average Bonchev–Trinajstić information content (AvgIpc) is 2.77. The highest BCUT2D eigenvalue weighted by Crippen LogP contribution is 2.32. The second kappa shape index (κ2) is 9.93. The fourth-order valence-corrected chi connectivity index (χ4v) is 3.55. The van der Waals surface area contributed by atoms with Crippen LogP contribution in [0.4, 0.5) is 10.5 Å². The van der Waals surface area contributed by atoms with E-state index in [0.717, 1.165) is 12.0 Å². The molecule has 0 aromatic heterocycles. The number of rotatable bonds is 7. The third kappa shape index (κ3) is 4.94. The van der Waals surface area contributed by atoms with Crippen molar-refractivity contribution in [3.63, 3.8) is 0 Å². The predicted molar refractivity (Wildman–Crippen MR) is 118 cm³/mol. The Bertz CT molecular complexity index is 984. The molecular weight excluding hydrogens is 394 g/mol. The number of allylic oxidation sites excluding steroid dienone is 1. The normalized spacial score (nSPS) is 16.0. The minimum atomic E-state index is -0.626. The van der Waals surface area contributed by atoms with Crippen LogP contribution in [0.5, 0.6) is 0 Å². The number of carbonyl (C=O) groups is 3. The fourth-order valence-electron chi connectivity index (χ4n) is 3.55. The summed E-state index contributed by atoms with van der Waals surface area (Å²) in [4.78, 5) is 39.3. The van der Waals surface area contributed by atoms with Gasteiger partial charge in [0.1, 0.15) is 0 Å². The van der Waals surface area contributed by atoms with Crippen LogP contribution in [0, 0.1) is 0 Å². The number of benzene rings is 2. The molecule has 31 heavy (non-hydrogen) atoms. The summed E-state index contributed by atoms with van der Waals surface area (Å²) in [5, 5.41) is 5.76. The number of amides is 3. The molecule has 1 aliphatic rings. The number of hydrogen-bond acceptors (Lipinski definition) is 4. The summed E-state index contributed by atoms with van der Waals surface area (Å²) in [6.45, 7) is 6.24. The van der Waals surface area contributed by atoms with Crippen LogP contribution >= 0.6 is 0 Å². The first-order chi connectivity index (χ1) is 15.0. The molecule has 3 rings (SSSR count). The van der Waals surface area contributed by atoms with Crippen LogP contribution in [0.15, 0.2) is 65.9 Å². The van der Waals surface area contributed by atoms with Gasteiger partial charge in [0.25, 0.3) is 5.91 Å². The summed E-state index contributed by atoms with van der Waals surface area (Å²) >= 11 is 0. The molecule has 2 aromatic carbocycles. The highest BCUT2D eigenvalue weighted by Gasteiger charge is 2.36. The molecule has 0 aliphatic carbocycles. The summed E-state index contributed by atoms with van der Waals surface area (Å²) in [6.07, 6.45) is 0.765. The van der Waals surface area contributed by atoms with Crippen molar-refractivity contribution in [2.75, 3.05) is 18.5 Å². The van der Waals surface area contributed by atoms with E-state index in [0.29, 0.717) is 29.1 Å². The maximum absolute atomic E-state index is 12.7. The van der Waals surface area contributed by atoms with Gasteiger partial charge in [-0.05, 0) is 50.1 Å². The molecule has 7 nitrogen and oxygen atoms in total. The number of ether oxygens (including phenoxy) is 1. The predicted octanol–water partition coefficient (Wildman–Crippen LogP) is 4.25. The third-order valence-electron chi connectivity index (χ3n) is 5.08. The first-order valence-electron chi connectivity index (χ1n) is 10.4. The highest BCUT2D eigenvalue weighted by atomic mass is 16.5. The van der Waals surface area contributed by atoms with Gasteiger partial charge < -0.3 is 15.4 Å². The molecular formula is C24H27N3O4. The summed E-state index contributed by atoms with van der Waals surface area (Å²) < 4.78 is 5.26. The van der Waals surface area contributed by atoms with E-state index >= 15 is 0 Å². The molecule has 7 heteroatoms. The van der Waals surface area contributed by atoms with E-state index in [2.05, 4.69) is 10.6 Å². The van der Waals surface area contributed by atoms with Crippen LogP contribution in [0.25, 0.3) is 0 Å². The molecule has 1 heterocycles. The second-order valence-corrected chi connectivity index (χ2v) is 7.20. The number of carbonyl (C=O) groups excluding carboxylic acids is 3. The minimum Gasteiger partial charge on any atom is -0.463 e. The summed E-state index contributed by atoms with van der Waals surface area (Å²) in [7, 11) is 0. The van der Waals surface area contributed by atoms with Crippen LogP contribution in [0.3, 0.4) is 0 Å². The maximum Gasteiger partial charge on any atom is 0.338 e. The number of nitrogens with zero attached hydrogens (tertiary/aromatic N) is 1. The molecule has 0 saturated heterocycles. The van der Waals surface area contributed by atoms with Gasteiger partial charge in [-0.25, -0.2) is 9.59 Å². The molecule has 0 bridgehead atoms. The maximum atomic E-state index is 12.7. The van der Waals surface area contributed by atoms with Crippen molar-refractivity contribution in [3.8, 4) is 0 Å². The number of hydrogen-bond donors (Lipinski definition) is 2. The van der Waals surface area contributed by atoms with Crippen molar-refractivity contribution in [1.82, 2.24) is 10.2 Å². The topological polar surface area (TPSA) is 87.7 Å². The molecule has 1 aliphatic heterocycles. The van der Waals surface area contributed by atoms with Crippen LogP contribution in [0.1, 0.15) is 49.2 Å². The number of urea groups is 1. The van der Waals surface area contributed by atoms with Crippen molar-refractivity contribution < 1.29 is 19.1 Å². The zero-order chi connectivity index (χ0) is 22.4. The Morgan fingerprint density at radius 3 is 2.35 bits per heavy atom. The monoisotopic (exact) mass is 421 g/mol. The van der Waals surface area contributed by atoms with Gasteiger partial charge in [-0.15, -0.1) is 0 Å². The van der Waals surface area contributed by atoms with Crippen molar-refractivity contribution in [2.24, 2.45) is 0 Å². The van der Waals surface area contributed by atoms with Crippen molar-refractivity contribution in [3.05, 3.63) is 77.0 Å². The number of nitrogens with one attached hydrogen (secondary N) is 2. The summed E-state index contributed by atoms with van der Waals surface area (Å²) in [5.74, 6) is -0.662. The summed E-state index contributed by atoms with van der Waals surface area (Å²) in [5.41, 5.74) is 2.91. The lowest BCUT2D eigenvalue weighted by Crippen LogP contribution is -2.48. The highest BCUT2D eigenvalue weighted by molar-refractivity contribution is 6.04. The Morgan fingerprint density at radius 1 is 1.06 bits per heavy atom. The molecule has 2 aromatic rings. The largest absolute Gasteiger partial charge is 0.463 e. The molecule has 0 fully saturated rings. The summed E-state index contributed by atoms with van der Waals surface area (Å²) in [6, 6.07) is 15.1. The fraction of sp³-hybridized carbons (Fsp3) is 0.292. The van der Waals surface area contributed by atoms with Gasteiger partial charge in [-0.3, -0.25) is 9.69 Å². The first kappa shape index (κ1) is 22.1. The standard InChI is InChI=1S/C24H27N3O4/c1-4-15-27-16(3)20(23(29)31-5-2)21(26-24(27)30)17-11-13-19(14-12-17)25-22(28)18-9-7-6-8-10-18/h6-14,21H,4-5,15H2,1-3H3,(H,25,28)(H,26,30)/t21-/m1/s1. The van der Waals surface area contributed by atoms with Gasteiger partial charge in [-0.1, -0.05) is 37.3 Å². The minimum absolute atomic E-state index is 0.211. The molecule has 0 radical (unpaired) electrons. The van der Waals surface area contributed by atoms with E-state index in [4.69, 9.17) is 4.74 Å². The average molecular weight is 421 g/mol. The van der Waals surface area contributed by atoms with Crippen molar-refractivity contribution in [2.45, 2.75) is 33.2 Å². The van der Waals surface area contributed by atoms with Gasteiger partial charge in [0.05, 0.1) is 18.2 Å². The zero-order valence-electron chi connectivity index (χ0n) is 18.0. The van der Waals surface area contributed by atoms with E-state index in [-0.39, 0.29) is 18.5 Å².